The van der Waals surface area contributed by atoms with Crippen LogP contribution in [0.25, 0.3) is 0 Å². The highest BCUT2D eigenvalue weighted by atomic mass is 35.5. The number of rotatable bonds is 4. The molecule has 1 saturated carbocycles. The fraction of sp³-hybridized carbons (Fsp3) is 0.583. The molecule has 0 aliphatic heterocycles. The number of nitrogens with two attached hydrogens (primary N) is 1. The lowest BCUT2D eigenvalue weighted by Crippen LogP contribution is -2.44. The lowest BCUT2D eigenvalue weighted by Gasteiger charge is -2.22. The molecule has 1 amide bonds. The maximum atomic E-state index is 11.9. The van der Waals surface area contributed by atoms with Crippen molar-refractivity contribution in [2.24, 2.45) is 11.7 Å². The molecule has 1 fully saturated rings. The van der Waals surface area contributed by atoms with Crippen molar-refractivity contribution in [2.75, 3.05) is 6.54 Å². The van der Waals surface area contributed by atoms with Crippen LogP contribution in [-0.2, 0) is 0 Å². The van der Waals surface area contributed by atoms with Gasteiger partial charge in [-0.1, -0.05) is 12.8 Å². The predicted octanol–water partition coefficient (Wildman–Crippen LogP) is 2.18. The van der Waals surface area contributed by atoms with Crippen LogP contribution in [0, 0.1) is 5.92 Å². The van der Waals surface area contributed by atoms with Crippen LogP contribution in [-0.4, -0.2) is 18.5 Å². The summed E-state index contributed by atoms with van der Waals surface area (Å²) in [5.74, 6) is 0.292. The van der Waals surface area contributed by atoms with Gasteiger partial charge in [0.25, 0.3) is 5.91 Å². The van der Waals surface area contributed by atoms with Gasteiger partial charge in [-0.2, -0.15) is 0 Å². The number of furan rings is 1. The van der Waals surface area contributed by atoms with Gasteiger partial charge in [-0.05, 0) is 36.4 Å². The molecule has 1 heterocycles. The first kappa shape index (κ1) is 12.5. The minimum atomic E-state index is -0.203. The average Bonchev–Trinajstić information content (AvgIpc) is 2.96. The summed E-state index contributed by atoms with van der Waals surface area (Å²) in [5, 5.41) is 3.07. The Morgan fingerprint density at radius 2 is 2.29 bits per heavy atom. The van der Waals surface area contributed by atoms with Gasteiger partial charge in [0.2, 0.25) is 5.22 Å². The molecule has 1 aromatic heterocycles. The summed E-state index contributed by atoms with van der Waals surface area (Å²) < 4.78 is 4.90. The van der Waals surface area contributed by atoms with Crippen LogP contribution in [0.3, 0.4) is 0 Å². The number of hydrogen-bond acceptors (Lipinski definition) is 3. The van der Waals surface area contributed by atoms with Crippen molar-refractivity contribution in [3.8, 4) is 0 Å². The molecule has 1 unspecified atom stereocenters. The lowest BCUT2D eigenvalue weighted by atomic mass is 9.98. The van der Waals surface area contributed by atoms with Crippen molar-refractivity contribution in [2.45, 2.75) is 31.7 Å². The zero-order chi connectivity index (χ0) is 12.3. The standard InChI is InChI=1S/C12H17ClN2O2/c13-11-9(5-6-17-11)12(16)15-10(7-14)8-3-1-2-4-8/h5-6,8,10H,1-4,7,14H2,(H,15,16). The lowest BCUT2D eigenvalue weighted by molar-refractivity contribution is 0.0923. The van der Waals surface area contributed by atoms with Gasteiger partial charge in [-0.3, -0.25) is 4.79 Å². The molecule has 5 heteroatoms. The van der Waals surface area contributed by atoms with E-state index in [4.69, 9.17) is 21.8 Å². The van der Waals surface area contributed by atoms with E-state index >= 15 is 0 Å². The number of carbonyl (C=O) groups excluding carboxylic acids is 1. The highest BCUT2D eigenvalue weighted by molar-refractivity contribution is 6.32. The van der Waals surface area contributed by atoms with Crippen LogP contribution < -0.4 is 11.1 Å². The maximum Gasteiger partial charge on any atom is 0.256 e. The van der Waals surface area contributed by atoms with Crippen LogP contribution in [0.5, 0.6) is 0 Å². The van der Waals surface area contributed by atoms with E-state index in [9.17, 15) is 4.79 Å². The Kier molecular flexibility index (Phi) is 4.07. The zero-order valence-electron chi connectivity index (χ0n) is 9.62. The summed E-state index contributed by atoms with van der Waals surface area (Å²) in [6, 6.07) is 1.61. The van der Waals surface area contributed by atoms with Gasteiger partial charge in [0.15, 0.2) is 0 Å². The first-order chi connectivity index (χ1) is 8.22. The highest BCUT2D eigenvalue weighted by Gasteiger charge is 2.26. The van der Waals surface area contributed by atoms with Crippen LogP contribution in [0.1, 0.15) is 36.0 Å². The first-order valence-corrected chi connectivity index (χ1v) is 6.34. The molecule has 4 nitrogen and oxygen atoms in total. The molecule has 0 bridgehead atoms. The summed E-state index contributed by atoms with van der Waals surface area (Å²) in [6.45, 7) is 0.464. The molecule has 0 radical (unpaired) electrons. The van der Waals surface area contributed by atoms with Gasteiger partial charge < -0.3 is 15.5 Å². The first-order valence-electron chi connectivity index (χ1n) is 5.96. The Morgan fingerprint density at radius 3 is 2.82 bits per heavy atom. The third-order valence-electron chi connectivity index (χ3n) is 3.40. The Labute approximate surface area is 105 Å². The second-order valence-corrected chi connectivity index (χ2v) is 4.81. The molecule has 0 aromatic carbocycles. The van der Waals surface area contributed by atoms with E-state index in [-0.39, 0.29) is 17.2 Å². The normalized spacial score (nSPS) is 18.2. The minimum absolute atomic E-state index is 0.0379. The quantitative estimate of drug-likeness (QED) is 0.868. The summed E-state index contributed by atoms with van der Waals surface area (Å²) in [6.07, 6.45) is 6.14. The molecule has 3 N–H and O–H groups in total. The Hall–Kier alpha value is -1.00. The third kappa shape index (κ3) is 2.82. The fourth-order valence-electron chi connectivity index (χ4n) is 2.43. The van der Waals surface area contributed by atoms with Crippen molar-refractivity contribution in [3.63, 3.8) is 0 Å². The molecular weight excluding hydrogens is 240 g/mol. The summed E-state index contributed by atoms with van der Waals surface area (Å²) in [4.78, 5) is 11.9. The fourth-order valence-corrected chi connectivity index (χ4v) is 2.63. The minimum Gasteiger partial charge on any atom is -0.452 e. The Balaban J connectivity index is 1.99. The summed E-state index contributed by atoms with van der Waals surface area (Å²) in [5.41, 5.74) is 6.10. The molecule has 0 saturated heterocycles. The molecule has 2 rings (SSSR count). The monoisotopic (exact) mass is 256 g/mol. The zero-order valence-corrected chi connectivity index (χ0v) is 10.4. The van der Waals surface area contributed by atoms with Crippen LogP contribution in [0.15, 0.2) is 16.7 Å². The van der Waals surface area contributed by atoms with E-state index in [0.717, 1.165) is 12.8 Å². The van der Waals surface area contributed by atoms with Crippen molar-refractivity contribution >= 4 is 17.5 Å². The summed E-state index contributed by atoms with van der Waals surface area (Å²) in [7, 11) is 0. The average molecular weight is 257 g/mol. The van der Waals surface area contributed by atoms with Crippen molar-refractivity contribution < 1.29 is 9.21 Å². The molecule has 17 heavy (non-hydrogen) atoms. The maximum absolute atomic E-state index is 11.9. The van der Waals surface area contributed by atoms with E-state index in [1.807, 2.05) is 0 Å². The van der Waals surface area contributed by atoms with Gasteiger partial charge in [0.1, 0.15) is 0 Å². The van der Waals surface area contributed by atoms with Gasteiger partial charge in [-0.15, -0.1) is 0 Å². The second-order valence-electron chi connectivity index (χ2n) is 4.47. The van der Waals surface area contributed by atoms with Crippen molar-refractivity contribution in [3.05, 3.63) is 23.1 Å². The van der Waals surface area contributed by atoms with Gasteiger partial charge in [0.05, 0.1) is 11.8 Å². The largest absolute Gasteiger partial charge is 0.452 e. The number of hydrogen-bond donors (Lipinski definition) is 2. The van der Waals surface area contributed by atoms with Crippen LogP contribution in [0.2, 0.25) is 5.22 Å². The molecule has 1 aliphatic carbocycles. The van der Waals surface area contributed by atoms with E-state index in [1.54, 1.807) is 6.07 Å². The number of amides is 1. The Bertz CT molecular complexity index is 386. The molecule has 1 aliphatic rings. The Morgan fingerprint density at radius 1 is 1.59 bits per heavy atom. The van der Waals surface area contributed by atoms with Crippen LogP contribution in [0.4, 0.5) is 0 Å². The van der Waals surface area contributed by atoms with Gasteiger partial charge >= 0.3 is 0 Å². The van der Waals surface area contributed by atoms with E-state index in [1.165, 1.54) is 19.1 Å². The SMILES string of the molecule is NCC(NC(=O)c1ccoc1Cl)C1CCCC1. The predicted molar refractivity (Wildman–Crippen MR) is 66.0 cm³/mol. The third-order valence-corrected chi connectivity index (χ3v) is 3.69. The number of halogens is 1. The molecule has 1 aromatic rings. The second kappa shape index (κ2) is 5.56. The van der Waals surface area contributed by atoms with Crippen LogP contribution >= 0.6 is 11.6 Å². The molecule has 1 atom stereocenters. The van der Waals surface area contributed by atoms with Gasteiger partial charge in [0, 0.05) is 12.6 Å². The van der Waals surface area contributed by atoms with E-state index < -0.39 is 0 Å². The summed E-state index contributed by atoms with van der Waals surface area (Å²) >= 11 is 5.76. The van der Waals surface area contributed by atoms with E-state index in [2.05, 4.69) is 5.32 Å². The van der Waals surface area contributed by atoms with Gasteiger partial charge in [-0.25, -0.2) is 0 Å². The highest BCUT2D eigenvalue weighted by Crippen LogP contribution is 2.27. The van der Waals surface area contributed by atoms with Crippen molar-refractivity contribution in [1.29, 1.82) is 0 Å². The number of carbonyl (C=O) groups is 1. The molecule has 94 valence electrons. The smallest absolute Gasteiger partial charge is 0.256 e. The molecular formula is C12H17ClN2O2. The topological polar surface area (TPSA) is 68.3 Å². The van der Waals surface area contributed by atoms with E-state index in [0.29, 0.717) is 18.0 Å². The molecule has 0 spiro atoms. The van der Waals surface area contributed by atoms with Crippen molar-refractivity contribution in [1.82, 2.24) is 5.32 Å². The number of nitrogens with one attached hydrogen (secondary N) is 1.